The summed E-state index contributed by atoms with van der Waals surface area (Å²) >= 11 is 0. The maximum absolute atomic E-state index is 13.3. The van der Waals surface area contributed by atoms with E-state index in [1.807, 2.05) is 0 Å². The average Bonchev–Trinajstić information content (AvgIpc) is 2.47. The second-order valence-corrected chi connectivity index (χ2v) is 3.73. The molecule has 0 radical (unpaired) electrons. The molecule has 1 unspecified atom stereocenters. The van der Waals surface area contributed by atoms with Crippen molar-refractivity contribution in [2.75, 3.05) is 13.7 Å². The van der Waals surface area contributed by atoms with Crippen LogP contribution in [0, 0.1) is 5.82 Å². The molecule has 1 aromatic carbocycles. The highest BCUT2D eigenvalue weighted by Crippen LogP contribution is 2.37. The van der Waals surface area contributed by atoms with Gasteiger partial charge in [-0.25, -0.2) is 4.39 Å². The Balaban J connectivity index is 2.44. The molecule has 0 heterocycles. The molecule has 1 atom stereocenters. The minimum Gasteiger partial charge on any atom is -0.383 e. The van der Waals surface area contributed by atoms with Gasteiger partial charge in [-0.05, 0) is 30.0 Å². The van der Waals surface area contributed by atoms with Gasteiger partial charge in [0.25, 0.3) is 0 Å². The summed E-state index contributed by atoms with van der Waals surface area (Å²) in [5.74, 6) is -0.227. The Hall–Kier alpha value is -0.930. The summed E-state index contributed by atoms with van der Waals surface area (Å²) in [6, 6.07) is 4.82. The lowest BCUT2D eigenvalue weighted by Gasteiger charge is -2.22. The molecular weight excluding hydrogens is 183 g/mol. The van der Waals surface area contributed by atoms with Crippen molar-refractivity contribution < 1.29 is 14.2 Å². The zero-order valence-electron chi connectivity index (χ0n) is 8.09. The van der Waals surface area contributed by atoms with Crippen molar-refractivity contribution in [1.82, 2.24) is 0 Å². The maximum Gasteiger partial charge on any atom is 0.126 e. The van der Waals surface area contributed by atoms with Crippen molar-refractivity contribution in [2.24, 2.45) is 0 Å². The third kappa shape index (κ3) is 1.33. The van der Waals surface area contributed by atoms with Crippen LogP contribution in [0.15, 0.2) is 18.2 Å². The molecule has 0 amide bonds. The number of ether oxygens (including phenoxy) is 1. The van der Waals surface area contributed by atoms with Gasteiger partial charge in [0.2, 0.25) is 0 Å². The average molecular weight is 196 g/mol. The predicted octanol–water partition coefficient (Wildman–Crippen LogP) is 1.61. The van der Waals surface area contributed by atoms with Crippen LogP contribution in [0.25, 0.3) is 0 Å². The number of benzene rings is 1. The van der Waals surface area contributed by atoms with E-state index >= 15 is 0 Å². The molecule has 0 bridgehead atoms. The van der Waals surface area contributed by atoms with Crippen molar-refractivity contribution in [3.05, 3.63) is 35.1 Å². The predicted molar refractivity (Wildman–Crippen MR) is 50.5 cm³/mol. The number of hydrogen-bond acceptors (Lipinski definition) is 2. The fraction of sp³-hybridized carbons (Fsp3) is 0.455. The molecule has 0 aromatic heterocycles. The van der Waals surface area contributed by atoms with E-state index in [4.69, 9.17) is 4.74 Å². The Morgan fingerprint density at radius 1 is 1.57 bits per heavy atom. The first kappa shape index (κ1) is 9.62. The van der Waals surface area contributed by atoms with Crippen molar-refractivity contribution in [3.8, 4) is 0 Å². The van der Waals surface area contributed by atoms with Crippen molar-refractivity contribution in [1.29, 1.82) is 0 Å². The molecule has 3 heteroatoms. The highest BCUT2D eigenvalue weighted by molar-refractivity contribution is 5.38. The van der Waals surface area contributed by atoms with Crippen LogP contribution in [0.4, 0.5) is 4.39 Å². The van der Waals surface area contributed by atoms with E-state index in [1.165, 1.54) is 13.2 Å². The highest BCUT2D eigenvalue weighted by atomic mass is 19.1. The normalized spacial score (nSPS) is 25.1. The molecule has 0 fully saturated rings. The first-order valence-electron chi connectivity index (χ1n) is 4.66. The standard InChI is InChI=1S/C11H13FO2/c1-14-7-11(13)6-5-8-9(11)3-2-4-10(8)12/h2-4,13H,5-7H2,1H3. The van der Waals surface area contributed by atoms with Crippen LogP contribution in [0.5, 0.6) is 0 Å². The zero-order valence-corrected chi connectivity index (χ0v) is 8.09. The second-order valence-electron chi connectivity index (χ2n) is 3.73. The smallest absolute Gasteiger partial charge is 0.126 e. The molecule has 2 nitrogen and oxygen atoms in total. The molecule has 0 spiro atoms. The van der Waals surface area contributed by atoms with Crippen LogP contribution in [0.3, 0.4) is 0 Å². The van der Waals surface area contributed by atoms with Gasteiger partial charge in [0, 0.05) is 7.11 Å². The Kier molecular flexibility index (Phi) is 2.29. The number of rotatable bonds is 2. The molecular formula is C11H13FO2. The fourth-order valence-electron chi connectivity index (χ4n) is 2.10. The minimum absolute atomic E-state index is 0.226. The molecule has 1 aromatic rings. The first-order valence-corrected chi connectivity index (χ1v) is 4.66. The summed E-state index contributed by atoms with van der Waals surface area (Å²) < 4.78 is 18.3. The van der Waals surface area contributed by atoms with Crippen LogP contribution in [-0.4, -0.2) is 18.8 Å². The van der Waals surface area contributed by atoms with E-state index in [0.717, 1.165) is 0 Å². The van der Waals surface area contributed by atoms with Gasteiger partial charge < -0.3 is 9.84 Å². The monoisotopic (exact) mass is 196 g/mol. The number of aliphatic hydroxyl groups is 1. The van der Waals surface area contributed by atoms with Gasteiger partial charge in [-0.2, -0.15) is 0 Å². The largest absolute Gasteiger partial charge is 0.383 e. The first-order chi connectivity index (χ1) is 6.67. The molecule has 1 N–H and O–H groups in total. The number of fused-ring (bicyclic) bond motifs is 1. The third-order valence-electron chi connectivity index (χ3n) is 2.79. The Morgan fingerprint density at radius 2 is 2.36 bits per heavy atom. The Labute approximate surface area is 82.3 Å². The maximum atomic E-state index is 13.3. The van der Waals surface area contributed by atoms with Crippen LogP contribution in [0.2, 0.25) is 0 Å². The van der Waals surface area contributed by atoms with Gasteiger partial charge in [0.15, 0.2) is 0 Å². The SMILES string of the molecule is COCC1(O)CCc2c(F)cccc21. The second kappa shape index (κ2) is 3.33. The van der Waals surface area contributed by atoms with Crippen molar-refractivity contribution in [2.45, 2.75) is 18.4 Å². The molecule has 0 saturated heterocycles. The summed E-state index contributed by atoms with van der Waals surface area (Å²) in [6.07, 6.45) is 1.12. The van der Waals surface area contributed by atoms with Crippen molar-refractivity contribution >= 4 is 0 Å². The lowest BCUT2D eigenvalue weighted by Crippen LogP contribution is -2.28. The van der Waals surface area contributed by atoms with Gasteiger partial charge in [-0.3, -0.25) is 0 Å². The van der Waals surface area contributed by atoms with Crippen LogP contribution >= 0.6 is 0 Å². The summed E-state index contributed by atoms with van der Waals surface area (Å²) in [5.41, 5.74) is 0.318. The Bertz CT molecular complexity index is 351. The van der Waals surface area contributed by atoms with Crippen LogP contribution < -0.4 is 0 Å². The van der Waals surface area contributed by atoms with E-state index < -0.39 is 5.60 Å². The summed E-state index contributed by atoms with van der Waals surface area (Å²) in [4.78, 5) is 0. The van der Waals surface area contributed by atoms with E-state index in [2.05, 4.69) is 0 Å². The molecule has 2 rings (SSSR count). The minimum atomic E-state index is -0.994. The van der Waals surface area contributed by atoms with Gasteiger partial charge in [0.05, 0.1) is 6.61 Å². The molecule has 1 aliphatic carbocycles. The summed E-state index contributed by atoms with van der Waals surface area (Å²) in [6.45, 7) is 0.226. The van der Waals surface area contributed by atoms with Gasteiger partial charge in [-0.15, -0.1) is 0 Å². The highest BCUT2D eigenvalue weighted by Gasteiger charge is 2.37. The molecule has 0 aliphatic heterocycles. The Morgan fingerprint density at radius 3 is 3.07 bits per heavy atom. The lowest BCUT2D eigenvalue weighted by atomic mass is 9.97. The van der Waals surface area contributed by atoms with E-state index in [-0.39, 0.29) is 12.4 Å². The van der Waals surface area contributed by atoms with Gasteiger partial charge in [0.1, 0.15) is 11.4 Å². The number of methoxy groups -OCH3 is 1. The molecule has 0 saturated carbocycles. The fourth-order valence-corrected chi connectivity index (χ4v) is 2.10. The molecule has 14 heavy (non-hydrogen) atoms. The van der Waals surface area contributed by atoms with E-state index in [1.54, 1.807) is 12.1 Å². The molecule has 1 aliphatic rings. The number of hydrogen-bond donors (Lipinski definition) is 1. The summed E-state index contributed by atoms with van der Waals surface area (Å²) in [5, 5.41) is 10.2. The lowest BCUT2D eigenvalue weighted by molar-refractivity contribution is -0.0341. The van der Waals surface area contributed by atoms with Crippen LogP contribution in [0.1, 0.15) is 17.5 Å². The molecule has 76 valence electrons. The van der Waals surface area contributed by atoms with E-state index in [9.17, 15) is 9.50 Å². The quantitative estimate of drug-likeness (QED) is 0.778. The summed E-state index contributed by atoms with van der Waals surface area (Å²) in [7, 11) is 1.54. The van der Waals surface area contributed by atoms with Crippen LogP contribution in [-0.2, 0) is 16.8 Å². The van der Waals surface area contributed by atoms with Crippen molar-refractivity contribution in [3.63, 3.8) is 0 Å². The number of halogens is 1. The zero-order chi connectivity index (χ0) is 10.2. The topological polar surface area (TPSA) is 29.5 Å². The van der Waals surface area contributed by atoms with Gasteiger partial charge in [-0.1, -0.05) is 12.1 Å². The van der Waals surface area contributed by atoms with Gasteiger partial charge >= 0.3 is 0 Å². The van der Waals surface area contributed by atoms with E-state index in [0.29, 0.717) is 24.0 Å². The third-order valence-corrected chi connectivity index (χ3v) is 2.79.